The molecule has 11 heteroatoms. The van der Waals surface area contributed by atoms with E-state index in [1.165, 1.54) is 24.6 Å². The Morgan fingerprint density at radius 1 is 0.968 bits per heavy atom. The van der Waals surface area contributed by atoms with Crippen molar-refractivity contribution in [3.05, 3.63) is 48.8 Å². The maximum atomic E-state index is 13.2. The smallest absolute Gasteiger partial charge is 0.246 e. The van der Waals surface area contributed by atoms with Crippen LogP contribution in [0.2, 0.25) is 0 Å². The van der Waals surface area contributed by atoms with Crippen molar-refractivity contribution in [2.75, 3.05) is 45.3 Å². The van der Waals surface area contributed by atoms with Crippen LogP contribution in [0.1, 0.15) is 5.82 Å². The number of sulfonamides is 1. The van der Waals surface area contributed by atoms with Crippen molar-refractivity contribution in [1.82, 2.24) is 23.8 Å². The fourth-order valence-corrected chi connectivity index (χ4v) is 5.07. The maximum Gasteiger partial charge on any atom is 0.246 e. The van der Waals surface area contributed by atoms with E-state index in [-0.39, 0.29) is 10.6 Å². The Morgan fingerprint density at radius 3 is 2.35 bits per heavy atom. The van der Waals surface area contributed by atoms with Gasteiger partial charge < -0.3 is 14.4 Å². The predicted octanol–water partition coefficient (Wildman–Crippen LogP) is 1.50. The largest absolute Gasteiger partial charge is 0.497 e. The highest BCUT2D eigenvalue weighted by atomic mass is 32.2. The first kappa shape index (κ1) is 21.1. The second-order valence-corrected chi connectivity index (χ2v) is 8.92. The van der Waals surface area contributed by atoms with E-state index in [0.717, 1.165) is 11.6 Å². The molecule has 0 N–H and O–H groups in total. The molecule has 10 nitrogen and oxygen atoms in total. The first-order valence-corrected chi connectivity index (χ1v) is 11.2. The van der Waals surface area contributed by atoms with Gasteiger partial charge in [-0.15, -0.1) is 0 Å². The van der Waals surface area contributed by atoms with Gasteiger partial charge in [0, 0.05) is 50.7 Å². The lowest BCUT2D eigenvalue weighted by Gasteiger charge is -2.35. The molecule has 1 fully saturated rings. The molecule has 1 aliphatic rings. The molecule has 0 unspecified atom stereocenters. The molecule has 0 saturated carbocycles. The van der Waals surface area contributed by atoms with E-state index in [1.807, 2.05) is 23.8 Å². The van der Waals surface area contributed by atoms with Crippen LogP contribution >= 0.6 is 0 Å². The summed E-state index contributed by atoms with van der Waals surface area (Å²) in [6, 6.07) is 6.59. The lowest BCUT2D eigenvalue weighted by molar-refractivity contribution is 0.369. The Kier molecular flexibility index (Phi) is 5.79. The van der Waals surface area contributed by atoms with Crippen LogP contribution in [0.25, 0.3) is 5.82 Å². The van der Waals surface area contributed by atoms with Crippen LogP contribution < -0.4 is 14.4 Å². The summed E-state index contributed by atoms with van der Waals surface area (Å²) in [7, 11) is -0.738. The fourth-order valence-electron chi connectivity index (χ4n) is 3.51. The minimum absolute atomic E-state index is 0.129. The molecule has 0 amide bonds. The van der Waals surface area contributed by atoms with E-state index in [2.05, 4.69) is 19.9 Å². The number of imidazole rings is 1. The number of rotatable bonds is 6. The third-order valence-corrected chi connectivity index (χ3v) is 7.07. The zero-order valence-electron chi connectivity index (χ0n) is 17.6. The van der Waals surface area contributed by atoms with Gasteiger partial charge in [0.25, 0.3) is 0 Å². The Hall–Kier alpha value is -3.18. The summed E-state index contributed by atoms with van der Waals surface area (Å²) < 4.78 is 40.2. The number of nitrogens with zero attached hydrogens (tertiary/aromatic N) is 6. The fraction of sp³-hybridized carbons (Fsp3) is 0.350. The molecular formula is C20H24N6O4S. The van der Waals surface area contributed by atoms with E-state index >= 15 is 0 Å². The third-order valence-electron chi connectivity index (χ3n) is 5.13. The van der Waals surface area contributed by atoms with Crippen LogP contribution in [0.4, 0.5) is 5.82 Å². The van der Waals surface area contributed by atoms with Crippen molar-refractivity contribution in [2.45, 2.75) is 11.8 Å². The third kappa shape index (κ3) is 4.19. The maximum absolute atomic E-state index is 13.2. The lowest BCUT2D eigenvalue weighted by Crippen LogP contribution is -2.49. The molecule has 0 spiro atoms. The summed E-state index contributed by atoms with van der Waals surface area (Å²) in [5.74, 6) is 2.92. The van der Waals surface area contributed by atoms with Gasteiger partial charge in [-0.1, -0.05) is 0 Å². The SMILES string of the molecule is COc1ccc(S(=O)(=O)N2CCN(c3cc(-n4ccnc4)nc(C)n3)CC2)c(OC)c1. The van der Waals surface area contributed by atoms with Gasteiger partial charge in [-0.2, -0.15) is 4.31 Å². The molecule has 2 aromatic heterocycles. The quantitative estimate of drug-likeness (QED) is 0.564. The average Bonchev–Trinajstić information content (AvgIpc) is 3.33. The Bertz CT molecular complexity index is 1160. The van der Waals surface area contributed by atoms with E-state index in [0.29, 0.717) is 37.8 Å². The molecule has 31 heavy (non-hydrogen) atoms. The highest BCUT2D eigenvalue weighted by molar-refractivity contribution is 7.89. The lowest BCUT2D eigenvalue weighted by atomic mass is 10.3. The van der Waals surface area contributed by atoms with E-state index in [4.69, 9.17) is 9.47 Å². The molecule has 3 heterocycles. The number of hydrogen-bond donors (Lipinski definition) is 0. The van der Waals surface area contributed by atoms with Crippen LogP contribution in [0.3, 0.4) is 0 Å². The molecule has 0 aliphatic carbocycles. The van der Waals surface area contributed by atoms with Gasteiger partial charge in [-0.05, 0) is 19.1 Å². The van der Waals surface area contributed by atoms with Crippen molar-refractivity contribution in [2.24, 2.45) is 0 Å². The van der Waals surface area contributed by atoms with Crippen LogP contribution in [0.5, 0.6) is 11.5 Å². The number of ether oxygens (including phenoxy) is 2. The molecule has 1 saturated heterocycles. The van der Waals surface area contributed by atoms with Gasteiger partial charge in [0.2, 0.25) is 10.0 Å². The summed E-state index contributed by atoms with van der Waals surface area (Å²) in [5, 5.41) is 0. The normalized spacial score (nSPS) is 15.1. The van der Waals surface area contributed by atoms with Gasteiger partial charge >= 0.3 is 0 Å². The number of piperazine rings is 1. The van der Waals surface area contributed by atoms with E-state index in [9.17, 15) is 8.42 Å². The molecule has 0 atom stereocenters. The first-order chi connectivity index (χ1) is 14.9. The Morgan fingerprint density at radius 2 is 1.71 bits per heavy atom. The van der Waals surface area contributed by atoms with E-state index in [1.54, 1.807) is 24.7 Å². The van der Waals surface area contributed by atoms with Crippen LogP contribution in [-0.2, 0) is 10.0 Å². The van der Waals surface area contributed by atoms with Crippen molar-refractivity contribution < 1.29 is 17.9 Å². The Labute approximate surface area is 181 Å². The molecule has 1 aromatic carbocycles. The molecule has 0 radical (unpaired) electrons. The minimum atomic E-state index is -3.71. The van der Waals surface area contributed by atoms with Gasteiger partial charge in [0.05, 0.1) is 14.2 Å². The molecule has 4 rings (SSSR count). The highest BCUT2D eigenvalue weighted by Gasteiger charge is 2.31. The zero-order valence-corrected chi connectivity index (χ0v) is 18.4. The number of aromatic nitrogens is 4. The monoisotopic (exact) mass is 444 g/mol. The van der Waals surface area contributed by atoms with Gasteiger partial charge in [0.1, 0.15) is 40.2 Å². The second kappa shape index (κ2) is 8.52. The molecular weight excluding hydrogens is 420 g/mol. The second-order valence-electron chi connectivity index (χ2n) is 7.01. The van der Waals surface area contributed by atoms with Gasteiger partial charge in [-0.3, -0.25) is 4.57 Å². The number of aryl methyl sites for hydroxylation is 1. The van der Waals surface area contributed by atoms with Gasteiger partial charge in [0.15, 0.2) is 0 Å². The zero-order chi connectivity index (χ0) is 22.0. The number of anilines is 1. The van der Waals surface area contributed by atoms with Crippen LogP contribution in [0.15, 0.2) is 47.9 Å². The molecule has 164 valence electrons. The predicted molar refractivity (Wildman–Crippen MR) is 114 cm³/mol. The number of methoxy groups -OCH3 is 2. The van der Waals surface area contributed by atoms with Crippen molar-refractivity contribution in [1.29, 1.82) is 0 Å². The molecule has 0 bridgehead atoms. The van der Waals surface area contributed by atoms with Crippen molar-refractivity contribution >= 4 is 15.8 Å². The molecule has 3 aromatic rings. The van der Waals surface area contributed by atoms with Crippen LogP contribution in [0, 0.1) is 6.92 Å². The number of benzene rings is 1. The van der Waals surface area contributed by atoms with Crippen molar-refractivity contribution in [3.8, 4) is 17.3 Å². The summed E-state index contributed by atoms with van der Waals surface area (Å²) in [6.45, 7) is 3.53. The van der Waals surface area contributed by atoms with Crippen LogP contribution in [-0.4, -0.2) is 72.6 Å². The standard InChI is InChI=1S/C20H24N6O4S/c1-15-22-19(13-20(23-15)25-7-6-21-14-25)24-8-10-26(11-9-24)31(27,28)18-5-4-16(29-2)12-17(18)30-3/h4-7,12-14H,8-11H2,1-3H3. The summed E-state index contributed by atoms with van der Waals surface area (Å²) in [5.41, 5.74) is 0. The average molecular weight is 445 g/mol. The topological polar surface area (TPSA) is 103 Å². The highest BCUT2D eigenvalue weighted by Crippen LogP contribution is 2.31. The number of hydrogen-bond acceptors (Lipinski definition) is 8. The summed E-state index contributed by atoms with van der Waals surface area (Å²) in [4.78, 5) is 15.2. The summed E-state index contributed by atoms with van der Waals surface area (Å²) >= 11 is 0. The van der Waals surface area contributed by atoms with Crippen molar-refractivity contribution in [3.63, 3.8) is 0 Å². The van der Waals surface area contributed by atoms with Gasteiger partial charge in [-0.25, -0.2) is 23.4 Å². The minimum Gasteiger partial charge on any atom is -0.497 e. The molecule has 1 aliphatic heterocycles. The first-order valence-electron chi connectivity index (χ1n) is 9.73. The summed E-state index contributed by atoms with van der Waals surface area (Å²) in [6.07, 6.45) is 5.19. The Balaban J connectivity index is 1.53. The van der Waals surface area contributed by atoms with E-state index < -0.39 is 10.0 Å².